The Morgan fingerprint density at radius 3 is 2.43 bits per heavy atom. The lowest BCUT2D eigenvalue weighted by Crippen LogP contribution is -2.29. The van der Waals surface area contributed by atoms with Crippen molar-refractivity contribution in [2.24, 2.45) is 0 Å². The van der Waals surface area contributed by atoms with Crippen LogP contribution in [0, 0.1) is 11.6 Å². The number of nitrogens with one attached hydrogen (secondary N) is 1. The van der Waals surface area contributed by atoms with Gasteiger partial charge in [-0.05, 0) is 19.1 Å². The highest BCUT2D eigenvalue weighted by Gasteiger charge is 2.08. The first kappa shape index (κ1) is 11.1. The number of rotatable bonds is 4. The van der Waals surface area contributed by atoms with Gasteiger partial charge in [0.2, 0.25) is 0 Å². The Morgan fingerprint density at radius 1 is 1.36 bits per heavy atom. The SMILES string of the molecule is C[C@@H](CO)NCc1c(F)cccc1F. The fourth-order valence-electron chi connectivity index (χ4n) is 1.04. The second kappa shape index (κ2) is 5.02. The van der Waals surface area contributed by atoms with E-state index < -0.39 is 11.6 Å². The summed E-state index contributed by atoms with van der Waals surface area (Å²) in [5, 5.41) is 11.5. The van der Waals surface area contributed by atoms with Crippen LogP contribution in [0.4, 0.5) is 8.78 Å². The lowest BCUT2D eigenvalue weighted by molar-refractivity contribution is 0.250. The Morgan fingerprint density at radius 2 is 1.93 bits per heavy atom. The molecule has 0 amide bonds. The molecule has 0 heterocycles. The van der Waals surface area contributed by atoms with E-state index in [0.717, 1.165) is 0 Å². The van der Waals surface area contributed by atoms with Crippen molar-refractivity contribution in [1.29, 1.82) is 0 Å². The molecular weight excluding hydrogens is 188 g/mol. The molecule has 1 aromatic rings. The first-order chi connectivity index (χ1) is 6.65. The number of aliphatic hydroxyl groups is 1. The van der Waals surface area contributed by atoms with Gasteiger partial charge in [0.15, 0.2) is 0 Å². The Labute approximate surface area is 81.6 Å². The third kappa shape index (κ3) is 2.75. The van der Waals surface area contributed by atoms with Crippen molar-refractivity contribution in [3.8, 4) is 0 Å². The van der Waals surface area contributed by atoms with E-state index in [0.29, 0.717) is 0 Å². The monoisotopic (exact) mass is 201 g/mol. The first-order valence-electron chi connectivity index (χ1n) is 4.42. The summed E-state index contributed by atoms with van der Waals surface area (Å²) in [6.07, 6.45) is 0. The topological polar surface area (TPSA) is 32.3 Å². The van der Waals surface area contributed by atoms with E-state index in [4.69, 9.17) is 5.11 Å². The number of halogens is 2. The molecule has 0 unspecified atom stereocenters. The van der Waals surface area contributed by atoms with Crippen molar-refractivity contribution in [3.63, 3.8) is 0 Å². The second-order valence-corrected chi connectivity index (χ2v) is 3.16. The van der Waals surface area contributed by atoms with Crippen molar-refractivity contribution in [1.82, 2.24) is 5.32 Å². The minimum absolute atomic E-state index is 0.00722. The Hall–Kier alpha value is -1.00. The number of aliphatic hydroxyl groups excluding tert-OH is 1. The van der Waals surface area contributed by atoms with Gasteiger partial charge in [-0.2, -0.15) is 0 Å². The van der Waals surface area contributed by atoms with E-state index >= 15 is 0 Å². The van der Waals surface area contributed by atoms with Crippen LogP contribution >= 0.6 is 0 Å². The molecule has 1 aromatic carbocycles. The molecule has 0 aliphatic carbocycles. The molecule has 0 aliphatic rings. The molecule has 0 saturated carbocycles. The number of hydrogen-bond donors (Lipinski definition) is 2. The molecule has 0 bridgehead atoms. The van der Waals surface area contributed by atoms with Crippen molar-refractivity contribution in [2.45, 2.75) is 19.5 Å². The van der Waals surface area contributed by atoms with Crippen molar-refractivity contribution < 1.29 is 13.9 Å². The van der Waals surface area contributed by atoms with Crippen LogP contribution in [0.15, 0.2) is 18.2 Å². The van der Waals surface area contributed by atoms with Gasteiger partial charge >= 0.3 is 0 Å². The average molecular weight is 201 g/mol. The van der Waals surface area contributed by atoms with Gasteiger partial charge < -0.3 is 10.4 Å². The van der Waals surface area contributed by atoms with Crippen molar-refractivity contribution in [2.75, 3.05) is 6.61 Å². The molecule has 2 nitrogen and oxygen atoms in total. The third-order valence-corrected chi connectivity index (χ3v) is 1.96. The second-order valence-electron chi connectivity index (χ2n) is 3.16. The molecule has 0 spiro atoms. The summed E-state index contributed by atoms with van der Waals surface area (Å²) >= 11 is 0. The molecule has 0 radical (unpaired) electrons. The summed E-state index contributed by atoms with van der Waals surface area (Å²) in [4.78, 5) is 0. The highest BCUT2D eigenvalue weighted by atomic mass is 19.1. The normalized spacial score (nSPS) is 12.9. The predicted octanol–water partition coefficient (Wildman–Crippen LogP) is 1.44. The van der Waals surface area contributed by atoms with E-state index in [9.17, 15) is 8.78 Å². The fraction of sp³-hybridized carbons (Fsp3) is 0.400. The van der Waals surface area contributed by atoms with E-state index in [2.05, 4.69) is 5.32 Å². The van der Waals surface area contributed by atoms with Crippen LogP contribution < -0.4 is 5.32 Å². The first-order valence-corrected chi connectivity index (χ1v) is 4.42. The molecule has 0 aromatic heterocycles. The van der Waals surface area contributed by atoms with Crippen LogP contribution in [0.25, 0.3) is 0 Å². The summed E-state index contributed by atoms with van der Waals surface area (Å²) in [6.45, 7) is 1.76. The van der Waals surface area contributed by atoms with Crippen LogP contribution in [-0.2, 0) is 6.54 Å². The van der Waals surface area contributed by atoms with Gasteiger partial charge in [-0.1, -0.05) is 6.07 Å². The average Bonchev–Trinajstić information content (AvgIpc) is 2.16. The zero-order chi connectivity index (χ0) is 10.6. The lowest BCUT2D eigenvalue weighted by Gasteiger charge is -2.11. The molecular formula is C10H13F2NO. The van der Waals surface area contributed by atoms with E-state index in [1.165, 1.54) is 18.2 Å². The van der Waals surface area contributed by atoms with Crippen molar-refractivity contribution in [3.05, 3.63) is 35.4 Å². The standard InChI is InChI=1S/C10H13F2NO/c1-7(6-14)13-5-8-9(11)3-2-4-10(8)12/h2-4,7,13-14H,5-6H2,1H3/t7-/m0/s1. The zero-order valence-electron chi connectivity index (χ0n) is 7.93. The van der Waals surface area contributed by atoms with Crippen LogP contribution in [-0.4, -0.2) is 17.8 Å². The van der Waals surface area contributed by atoms with Gasteiger partial charge in [0, 0.05) is 18.2 Å². The molecule has 4 heteroatoms. The summed E-state index contributed by atoms with van der Waals surface area (Å²) in [5.41, 5.74) is 0.00722. The minimum Gasteiger partial charge on any atom is -0.395 e. The van der Waals surface area contributed by atoms with Crippen LogP contribution in [0.5, 0.6) is 0 Å². The third-order valence-electron chi connectivity index (χ3n) is 1.96. The highest BCUT2D eigenvalue weighted by molar-refractivity contribution is 5.19. The fourth-order valence-corrected chi connectivity index (χ4v) is 1.04. The van der Waals surface area contributed by atoms with Gasteiger partial charge in [0.25, 0.3) is 0 Å². The molecule has 0 aliphatic heterocycles. The largest absolute Gasteiger partial charge is 0.395 e. The maximum absolute atomic E-state index is 13.1. The predicted molar refractivity (Wildman–Crippen MR) is 49.7 cm³/mol. The van der Waals surface area contributed by atoms with E-state index in [-0.39, 0.29) is 24.8 Å². The summed E-state index contributed by atoms with van der Waals surface area (Å²) in [6, 6.07) is 3.57. The Balaban J connectivity index is 2.66. The lowest BCUT2D eigenvalue weighted by atomic mass is 10.2. The molecule has 0 fully saturated rings. The maximum atomic E-state index is 13.1. The maximum Gasteiger partial charge on any atom is 0.130 e. The number of benzene rings is 1. The minimum atomic E-state index is -0.567. The van der Waals surface area contributed by atoms with Gasteiger partial charge in [-0.25, -0.2) is 8.78 Å². The smallest absolute Gasteiger partial charge is 0.130 e. The molecule has 1 atom stereocenters. The van der Waals surface area contributed by atoms with E-state index in [1.54, 1.807) is 6.92 Å². The number of hydrogen-bond acceptors (Lipinski definition) is 2. The molecule has 78 valence electrons. The summed E-state index contributed by atoms with van der Waals surface area (Å²) in [5.74, 6) is -1.13. The molecule has 1 rings (SSSR count). The van der Waals surface area contributed by atoms with Gasteiger partial charge in [-0.15, -0.1) is 0 Å². The summed E-state index contributed by atoms with van der Waals surface area (Å²) < 4.78 is 26.1. The van der Waals surface area contributed by atoms with Gasteiger partial charge in [-0.3, -0.25) is 0 Å². The van der Waals surface area contributed by atoms with Crippen LogP contribution in [0.2, 0.25) is 0 Å². The van der Waals surface area contributed by atoms with Crippen LogP contribution in [0.1, 0.15) is 12.5 Å². The summed E-state index contributed by atoms with van der Waals surface area (Å²) in [7, 11) is 0. The molecule has 2 N–H and O–H groups in total. The quantitative estimate of drug-likeness (QED) is 0.772. The van der Waals surface area contributed by atoms with Crippen molar-refractivity contribution >= 4 is 0 Å². The Kier molecular flexibility index (Phi) is 3.98. The zero-order valence-corrected chi connectivity index (χ0v) is 7.93. The highest BCUT2D eigenvalue weighted by Crippen LogP contribution is 2.11. The van der Waals surface area contributed by atoms with Gasteiger partial charge in [0.05, 0.1) is 6.61 Å². The van der Waals surface area contributed by atoms with Gasteiger partial charge in [0.1, 0.15) is 11.6 Å². The molecule has 0 saturated heterocycles. The Bertz CT molecular complexity index is 284. The van der Waals surface area contributed by atoms with E-state index in [1.807, 2.05) is 0 Å². The molecule has 14 heavy (non-hydrogen) atoms. The van der Waals surface area contributed by atoms with Crippen LogP contribution in [0.3, 0.4) is 0 Å².